The van der Waals surface area contributed by atoms with Crippen LogP contribution >= 0.6 is 27.3 Å². The molecule has 1 unspecified atom stereocenters. The first-order chi connectivity index (χ1) is 6.80. The summed E-state index contributed by atoms with van der Waals surface area (Å²) in [6.07, 6.45) is 0. The number of halogens is 1. The first-order valence-corrected chi connectivity index (χ1v) is 7.55. The lowest BCUT2D eigenvalue weighted by Crippen LogP contribution is -2.34. The van der Waals surface area contributed by atoms with Gasteiger partial charge in [-0.1, -0.05) is 0 Å². The predicted octanol–water partition coefficient (Wildman–Crippen LogP) is 3.62. The molecule has 1 aromatic rings. The molecule has 1 heterocycles. The Morgan fingerprint density at radius 1 is 1.53 bits per heavy atom. The van der Waals surface area contributed by atoms with Crippen LogP contribution in [0.2, 0.25) is 0 Å². The van der Waals surface area contributed by atoms with Crippen molar-refractivity contribution in [2.75, 3.05) is 0 Å². The number of rotatable bonds is 3. The maximum Gasteiger partial charge on any atom is 0.0976 e. The Kier molecular flexibility index (Phi) is 4.52. The van der Waals surface area contributed by atoms with Crippen LogP contribution in [-0.2, 0) is 11.0 Å². The van der Waals surface area contributed by atoms with Crippen LogP contribution in [0.25, 0.3) is 0 Å². The summed E-state index contributed by atoms with van der Waals surface area (Å²) in [6, 6.07) is 2.18. The zero-order valence-electron chi connectivity index (χ0n) is 9.33. The molecule has 0 aliphatic heterocycles. The molecule has 0 aliphatic carbocycles. The van der Waals surface area contributed by atoms with Crippen LogP contribution < -0.4 is 4.72 Å². The Morgan fingerprint density at radius 2 is 2.13 bits per heavy atom. The Balaban J connectivity index is 2.64. The van der Waals surface area contributed by atoms with Gasteiger partial charge in [-0.3, -0.25) is 0 Å². The van der Waals surface area contributed by atoms with Crippen LogP contribution in [0, 0.1) is 0 Å². The number of thiophene rings is 1. The Labute approximate surface area is 106 Å². The lowest BCUT2D eigenvalue weighted by Gasteiger charge is -2.21. The summed E-state index contributed by atoms with van der Waals surface area (Å²) in [7, 11) is -1.02. The quantitative estimate of drug-likeness (QED) is 0.907. The van der Waals surface area contributed by atoms with Gasteiger partial charge in [-0.2, -0.15) is 0 Å². The highest BCUT2D eigenvalue weighted by Gasteiger charge is 2.22. The van der Waals surface area contributed by atoms with Crippen molar-refractivity contribution in [2.24, 2.45) is 0 Å². The van der Waals surface area contributed by atoms with Crippen molar-refractivity contribution in [3.63, 3.8) is 0 Å². The summed E-state index contributed by atoms with van der Waals surface area (Å²) < 4.78 is 15.8. The molecule has 0 radical (unpaired) electrons. The number of hydrogen-bond acceptors (Lipinski definition) is 2. The molecular formula is C10H16BrNOS2. The standard InChI is InChI=1S/C10H16BrNOS2/c1-7(9-5-8(11)6-14-9)12-15(13)10(2,3)4/h5-7,12H,1-4H3/t7-,15?/m1/s1. The van der Waals surface area contributed by atoms with Crippen molar-refractivity contribution in [3.8, 4) is 0 Å². The van der Waals surface area contributed by atoms with Crippen LogP contribution in [0.5, 0.6) is 0 Å². The second-order valence-corrected chi connectivity index (χ2v) is 8.24. The van der Waals surface area contributed by atoms with Gasteiger partial charge in [-0.25, -0.2) is 8.93 Å². The van der Waals surface area contributed by atoms with Crippen molar-refractivity contribution in [1.82, 2.24) is 4.72 Å². The first-order valence-electron chi connectivity index (χ1n) is 4.72. The highest BCUT2D eigenvalue weighted by atomic mass is 79.9. The van der Waals surface area contributed by atoms with Crippen molar-refractivity contribution < 1.29 is 4.21 Å². The normalized spacial score (nSPS) is 16.3. The SMILES string of the molecule is C[C@@H](NS(=O)C(C)(C)C)c1cc(Br)cs1. The summed E-state index contributed by atoms with van der Waals surface area (Å²) in [5.74, 6) is 0. The van der Waals surface area contributed by atoms with Gasteiger partial charge in [-0.15, -0.1) is 11.3 Å². The van der Waals surface area contributed by atoms with Crippen LogP contribution in [0.15, 0.2) is 15.9 Å². The van der Waals surface area contributed by atoms with E-state index in [9.17, 15) is 4.21 Å². The van der Waals surface area contributed by atoms with E-state index in [2.05, 4.69) is 26.7 Å². The molecule has 0 aromatic carbocycles. The van der Waals surface area contributed by atoms with Crippen LogP contribution in [0.3, 0.4) is 0 Å². The molecular weight excluding hydrogens is 294 g/mol. The fourth-order valence-electron chi connectivity index (χ4n) is 0.951. The van der Waals surface area contributed by atoms with E-state index in [-0.39, 0.29) is 10.8 Å². The van der Waals surface area contributed by atoms with E-state index in [1.165, 1.54) is 4.88 Å². The third kappa shape index (κ3) is 3.98. The average molecular weight is 310 g/mol. The molecule has 1 rings (SSSR count). The molecule has 0 spiro atoms. The molecule has 2 nitrogen and oxygen atoms in total. The van der Waals surface area contributed by atoms with E-state index in [1.807, 2.05) is 33.1 Å². The molecule has 0 bridgehead atoms. The largest absolute Gasteiger partial charge is 0.242 e. The monoisotopic (exact) mass is 309 g/mol. The summed E-state index contributed by atoms with van der Waals surface area (Å²) in [5, 5.41) is 2.04. The molecule has 1 aromatic heterocycles. The minimum Gasteiger partial charge on any atom is -0.242 e. The maximum absolute atomic E-state index is 11.8. The molecule has 0 aliphatic rings. The van der Waals surface area contributed by atoms with Gasteiger partial charge < -0.3 is 0 Å². The van der Waals surface area contributed by atoms with E-state index >= 15 is 0 Å². The molecule has 0 saturated heterocycles. The summed E-state index contributed by atoms with van der Waals surface area (Å²) >= 11 is 5.08. The molecule has 15 heavy (non-hydrogen) atoms. The van der Waals surface area contributed by atoms with Crippen LogP contribution in [-0.4, -0.2) is 8.96 Å². The zero-order chi connectivity index (χ0) is 11.6. The van der Waals surface area contributed by atoms with E-state index < -0.39 is 11.0 Å². The number of nitrogens with one attached hydrogen (secondary N) is 1. The fourth-order valence-corrected chi connectivity index (χ4v) is 3.28. The van der Waals surface area contributed by atoms with Crippen molar-refractivity contribution in [1.29, 1.82) is 0 Å². The van der Waals surface area contributed by atoms with Crippen molar-refractivity contribution >= 4 is 38.3 Å². The van der Waals surface area contributed by atoms with Gasteiger partial charge in [0, 0.05) is 14.7 Å². The minimum atomic E-state index is -1.02. The predicted molar refractivity (Wildman–Crippen MR) is 71.5 cm³/mol. The maximum atomic E-state index is 11.8. The van der Waals surface area contributed by atoms with Gasteiger partial charge in [0.2, 0.25) is 0 Å². The molecule has 86 valence electrons. The van der Waals surface area contributed by atoms with Gasteiger partial charge in [0.25, 0.3) is 0 Å². The number of hydrogen-bond donors (Lipinski definition) is 1. The van der Waals surface area contributed by atoms with Gasteiger partial charge in [-0.05, 0) is 49.7 Å². The van der Waals surface area contributed by atoms with Crippen LogP contribution in [0.4, 0.5) is 0 Å². The molecule has 1 N–H and O–H groups in total. The molecule has 0 fully saturated rings. The molecule has 0 amide bonds. The lowest BCUT2D eigenvalue weighted by atomic mass is 10.3. The summed E-state index contributed by atoms with van der Waals surface area (Å²) in [6.45, 7) is 7.93. The highest BCUT2D eigenvalue weighted by molar-refractivity contribution is 9.10. The third-order valence-electron chi connectivity index (χ3n) is 1.85. The average Bonchev–Trinajstić information content (AvgIpc) is 2.50. The highest BCUT2D eigenvalue weighted by Crippen LogP contribution is 2.26. The van der Waals surface area contributed by atoms with Gasteiger partial charge in [0.15, 0.2) is 0 Å². The van der Waals surface area contributed by atoms with E-state index in [4.69, 9.17) is 0 Å². The van der Waals surface area contributed by atoms with E-state index in [0.29, 0.717) is 0 Å². The third-order valence-corrected chi connectivity index (χ3v) is 5.41. The van der Waals surface area contributed by atoms with Gasteiger partial charge >= 0.3 is 0 Å². The Morgan fingerprint density at radius 3 is 2.53 bits per heavy atom. The Bertz CT molecular complexity index is 357. The summed E-state index contributed by atoms with van der Waals surface area (Å²) in [4.78, 5) is 1.19. The molecule has 0 saturated carbocycles. The second-order valence-electron chi connectivity index (χ2n) is 4.39. The Hall–Kier alpha value is 0.290. The lowest BCUT2D eigenvalue weighted by molar-refractivity contribution is 0.618. The molecule has 5 heteroatoms. The topological polar surface area (TPSA) is 29.1 Å². The van der Waals surface area contributed by atoms with Gasteiger partial charge in [0.1, 0.15) is 0 Å². The zero-order valence-corrected chi connectivity index (χ0v) is 12.6. The van der Waals surface area contributed by atoms with Gasteiger partial charge in [0.05, 0.1) is 21.8 Å². The van der Waals surface area contributed by atoms with Crippen molar-refractivity contribution in [2.45, 2.75) is 38.5 Å². The first kappa shape index (κ1) is 13.4. The molecule has 2 atom stereocenters. The minimum absolute atomic E-state index is 0.126. The second kappa shape index (κ2) is 5.08. The van der Waals surface area contributed by atoms with Crippen molar-refractivity contribution in [3.05, 3.63) is 20.8 Å². The summed E-state index contributed by atoms with van der Waals surface area (Å²) in [5.41, 5.74) is 0. The van der Waals surface area contributed by atoms with Crippen LogP contribution in [0.1, 0.15) is 38.6 Å². The van der Waals surface area contributed by atoms with E-state index in [1.54, 1.807) is 11.3 Å². The smallest absolute Gasteiger partial charge is 0.0976 e. The fraction of sp³-hybridized carbons (Fsp3) is 0.600. The van der Waals surface area contributed by atoms with E-state index in [0.717, 1.165) is 4.47 Å².